The fourth-order valence-corrected chi connectivity index (χ4v) is 7.81. The minimum Gasteiger partial charge on any atom is -0.493 e. The Morgan fingerprint density at radius 3 is 1.15 bits per heavy atom. The molecule has 2 aromatic rings. The second kappa shape index (κ2) is 32.3. The summed E-state index contributed by atoms with van der Waals surface area (Å²) in [6.45, 7) is 26.2. The number of allylic oxidation sites excluding steroid dienone is 2. The number of hydrogen-bond donors (Lipinski definition) is 0. The summed E-state index contributed by atoms with van der Waals surface area (Å²) in [5.74, 6) is 0. The first-order chi connectivity index (χ1) is 26.0. The third kappa shape index (κ3) is 16.7. The molecular weight excluding hydrogens is 747 g/mol. The zero-order valence-corrected chi connectivity index (χ0v) is 38.5. The van der Waals surface area contributed by atoms with E-state index in [1.165, 1.54) is 137 Å². The Morgan fingerprint density at radius 2 is 0.741 bits per heavy atom. The van der Waals surface area contributed by atoms with Crippen LogP contribution < -0.4 is 0 Å². The van der Waals surface area contributed by atoms with Crippen LogP contribution in [0.3, 0.4) is 0 Å². The van der Waals surface area contributed by atoms with Crippen molar-refractivity contribution in [3.05, 3.63) is 99.8 Å². The van der Waals surface area contributed by atoms with Crippen LogP contribution in [0.25, 0.3) is 16.9 Å². The molecule has 0 radical (unpaired) electrons. The van der Waals surface area contributed by atoms with Gasteiger partial charge in [0.25, 0.3) is 0 Å². The van der Waals surface area contributed by atoms with Gasteiger partial charge in [0.1, 0.15) is 0 Å². The Bertz CT molecular complexity index is 1300. The zero-order chi connectivity index (χ0) is 39.4. The van der Waals surface area contributed by atoms with Crippen molar-refractivity contribution in [1.82, 2.24) is 0 Å². The summed E-state index contributed by atoms with van der Waals surface area (Å²) < 4.78 is 1.61. The first-order valence-corrected chi connectivity index (χ1v) is 22.6. The molecule has 0 spiro atoms. The first kappa shape index (κ1) is 52.2. The van der Waals surface area contributed by atoms with Crippen LogP contribution in [0.2, 0.25) is 0 Å². The van der Waals surface area contributed by atoms with Gasteiger partial charge in [0.15, 0.2) is 0 Å². The molecule has 0 atom stereocenters. The topological polar surface area (TPSA) is 25.3 Å². The van der Waals surface area contributed by atoms with Crippen LogP contribution in [0.1, 0.15) is 222 Å². The summed E-state index contributed by atoms with van der Waals surface area (Å²) in [5.41, 5.74) is 27.4. The van der Waals surface area contributed by atoms with Crippen LogP contribution in [0, 0.1) is 13.8 Å². The molecule has 1 aliphatic heterocycles. The molecule has 0 aliphatic carbocycles. The quantitative estimate of drug-likeness (QED) is 0.0391. The molecule has 54 heavy (non-hydrogen) atoms. The van der Waals surface area contributed by atoms with E-state index in [9.17, 15) is 5.53 Å². The van der Waals surface area contributed by atoms with Gasteiger partial charge in [0.05, 0.1) is 0 Å². The Balaban J connectivity index is 0.00000543. The number of unbranched alkanes of at least 4 members (excludes halogenated alkanes) is 10. The summed E-state index contributed by atoms with van der Waals surface area (Å²) in [6.07, 6.45) is 31.3. The normalized spacial score (nSPS) is 12.2. The van der Waals surface area contributed by atoms with Crippen LogP contribution in [0.15, 0.2) is 35.9 Å². The van der Waals surface area contributed by atoms with E-state index < -0.39 is 0 Å². The summed E-state index contributed by atoms with van der Waals surface area (Å²) in [4.78, 5) is 0. The second-order valence-corrected chi connectivity index (χ2v) is 15.0. The Kier molecular flexibility index (Phi) is 31.2. The Labute approximate surface area is 351 Å². The predicted molar refractivity (Wildman–Crippen MR) is 239 cm³/mol. The van der Waals surface area contributed by atoms with E-state index in [1.807, 2.05) is 0 Å². The van der Waals surface area contributed by atoms with E-state index in [2.05, 4.69) is 92.7 Å². The van der Waals surface area contributed by atoms with E-state index in [4.69, 9.17) is 0 Å². The fourth-order valence-electron chi connectivity index (χ4n) is 7.81. The summed E-state index contributed by atoms with van der Waals surface area (Å²) in [5, 5.41) is 0. The van der Waals surface area contributed by atoms with E-state index in [-0.39, 0.29) is 20.4 Å². The van der Waals surface area contributed by atoms with Crippen molar-refractivity contribution < 1.29 is 25.1 Å². The Morgan fingerprint density at radius 1 is 0.426 bits per heavy atom. The number of benzene rings is 2. The van der Waals surface area contributed by atoms with Crippen molar-refractivity contribution in [2.24, 2.45) is 0 Å². The third-order valence-corrected chi connectivity index (χ3v) is 10.8. The standard InChI is InChI=1S/C47H74N2.2C2H5.Pd/c1-8-15-22-28-39-34-43(35-40(29-23-16-9-2)45(39)31-24-17-10-3)47-41(27-20-13-6)36-46(49(47)48)42-32-37(25-18-11-4)44(30-21-14-7)38(33-42)26-19-12-5;2*1-2;/h32-36H,8-31H2,1-7H3;2*1H2,2H3;/q;2*-1;+2. The van der Waals surface area contributed by atoms with E-state index in [1.54, 1.807) is 40.8 Å². The van der Waals surface area contributed by atoms with Crippen molar-refractivity contribution in [2.45, 2.75) is 216 Å². The van der Waals surface area contributed by atoms with E-state index in [0.29, 0.717) is 0 Å². The summed E-state index contributed by atoms with van der Waals surface area (Å²) in [7, 11) is 0. The van der Waals surface area contributed by atoms with Crippen molar-refractivity contribution in [3.63, 3.8) is 0 Å². The van der Waals surface area contributed by atoms with Crippen molar-refractivity contribution in [3.8, 4) is 0 Å². The number of nitrogens with zero attached hydrogens (tertiary/aromatic N) is 2. The predicted octanol–water partition coefficient (Wildman–Crippen LogP) is 16.6. The van der Waals surface area contributed by atoms with Gasteiger partial charge < -0.3 is 19.4 Å². The Hall–Kier alpha value is -1.82. The molecule has 0 aromatic heterocycles. The molecule has 0 N–H and O–H groups in total. The third-order valence-electron chi connectivity index (χ3n) is 10.8. The monoisotopic (exact) mass is 831 g/mol. The molecule has 0 saturated carbocycles. The minimum absolute atomic E-state index is 0. The average molecular weight is 832 g/mol. The molecule has 1 aliphatic rings. The van der Waals surface area contributed by atoms with Gasteiger partial charge >= 0.3 is 20.4 Å². The van der Waals surface area contributed by atoms with Crippen LogP contribution in [-0.2, 0) is 58.9 Å². The maximum atomic E-state index is 12.3. The van der Waals surface area contributed by atoms with Crippen LogP contribution in [0.5, 0.6) is 0 Å². The average Bonchev–Trinajstić information content (AvgIpc) is 3.52. The molecule has 0 amide bonds. The van der Waals surface area contributed by atoms with Crippen LogP contribution in [-0.4, -0.2) is 4.70 Å². The SMILES string of the molecule is CCCCCc1cc(C2=C(CCCC)C=C(c3cc(CCCC)c(CCCC)c(CCCC)c3)[N+]2=[N-])cc(CCCCC)c1CCCCC.[CH2-]C.[CH2-]C.[Pd+2]. The minimum atomic E-state index is 0. The maximum absolute atomic E-state index is 12.3. The fraction of sp³-hybridized carbons (Fsp3) is 0.647. The molecular formula is C51H84N2Pd. The molecule has 0 unspecified atom stereocenters. The van der Waals surface area contributed by atoms with E-state index >= 15 is 0 Å². The molecule has 2 nitrogen and oxygen atoms in total. The molecule has 1 heterocycles. The van der Waals surface area contributed by atoms with Gasteiger partial charge in [0, 0.05) is 22.8 Å². The number of rotatable bonds is 26. The number of aryl methyl sites for hydroxylation is 4. The molecule has 3 heteroatoms. The molecule has 308 valence electrons. The van der Waals surface area contributed by atoms with Gasteiger partial charge in [-0.2, -0.15) is 13.8 Å². The van der Waals surface area contributed by atoms with Crippen LogP contribution in [0.4, 0.5) is 0 Å². The zero-order valence-electron chi connectivity index (χ0n) is 37.0. The molecule has 0 bridgehead atoms. The van der Waals surface area contributed by atoms with Crippen molar-refractivity contribution >= 4 is 11.4 Å². The summed E-state index contributed by atoms with van der Waals surface area (Å²) in [6, 6.07) is 9.90. The molecule has 0 fully saturated rings. The smallest absolute Gasteiger partial charge is 0.493 e. The van der Waals surface area contributed by atoms with Crippen molar-refractivity contribution in [2.75, 3.05) is 0 Å². The largest absolute Gasteiger partial charge is 2.00 e. The van der Waals surface area contributed by atoms with Crippen molar-refractivity contribution in [1.29, 1.82) is 0 Å². The van der Waals surface area contributed by atoms with Crippen LogP contribution >= 0.6 is 0 Å². The first-order valence-electron chi connectivity index (χ1n) is 22.6. The molecule has 0 saturated heterocycles. The summed E-state index contributed by atoms with van der Waals surface area (Å²) >= 11 is 0. The van der Waals surface area contributed by atoms with E-state index in [0.717, 1.165) is 56.3 Å². The van der Waals surface area contributed by atoms with Gasteiger partial charge in [-0.25, -0.2) is 4.70 Å². The second-order valence-electron chi connectivity index (χ2n) is 15.0. The maximum Gasteiger partial charge on any atom is 2.00 e. The molecule has 2 aromatic carbocycles. The van der Waals surface area contributed by atoms with Gasteiger partial charge in [0.2, 0.25) is 11.4 Å². The van der Waals surface area contributed by atoms with Gasteiger partial charge in [-0.3, -0.25) is 0 Å². The van der Waals surface area contributed by atoms with Gasteiger partial charge in [-0.1, -0.05) is 113 Å². The number of hydrogen-bond acceptors (Lipinski definition) is 0. The van der Waals surface area contributed by atoms with Gasteiger partial charge in [-0.05, 0) is 148 Å². The van der Waals surface area contributed by atoms with Gasteiger partial charge in [-0.15, -0.1) is 0 Å². The molecule has 3 rings (SSSR count).